The molecule has 0 unspecified atom stereocenters. The minimum atomic E-state index is -1.03. The number of fused-ring (bicyclic) bond motifs is 1. The summed E-state index contributed by atoms with van der Waals surface area (Å²) in [5, 5.41) is 14.8. The summed E-state index contributed by atoms with van der Waals surface area (Å²) in [5.41, 5.74) is 2.01. The van der Waals surface area contributed by atoms with E-state index in [-0.39, 0.29) is 30.4 Å². The van der Waals surface area contributed by atoms with Crippen molar-refractivity contribution in [2.24, 2.45) is 0 Å². The molecule has 10 heteroatoms. The van der Waals surface area contributed by atoms with E-state index in [0.717, 1.165) is 47.4 Å². The van der Waals surface area contributed by atoms with Crippen molar-refractivity contribution in [2.75, 3.05) is 23.5 Å². The fourth-order valence-corrected chi connectivity index (χ4v) is 5.62. The van der Waals surface area contributed by atoms with Gasteiger partial charge in [-0.2, -0.15) is 0 Å². The van der Waals surface area contributed by atoms with Gasteiger partial charge in [-0.05, 0) is 49.4 Å². The molecule has 1 heterocycles. The minimum Gasteiger partial charge on any atom is -0.481 e. The van der Waals surface area contributed by atoms with Gasteiger partial charge in [-0.3, -0.25) is 14.4 Å². The third-order valence-corrected chi connectivity index (χ3v) is 7.32. The largest absolute Gasteiger partial charge is 0.481 e. The van der Waals surface area contributed by atoms with Gasteiger partial charge in [-0.1, -0.05) is 12.5 Å². The lowest BCUT2D eigenvalue weighted by atomic mass is 10.1. The molecule has 1 aromatic heterocycles. The van der Waals surface area contributed by atoms with Crippen LogP contribution in [0, 0.1) is 0 Å². The van der Waals surface area contributed by atoms with Crippen molar-refractivity contribution in [1.29, 1.82) is 0 Å². The molecule has 1 aliphatic rings. The summed E-state index contributed by atoms with van der Waals surface area (Å²) in [6, 6.07) is 6.99. The Hall–Kier alpha value is -2.85. The minimum absolute atomic E-state index is 0.109. The number of methoxy groups -OCH3 is 1. The molecule has 0 bridgehead atoms. The maximum atomic E-state index is 12.6. The molecular formula is C23H26N2O6S2. The molecule has 2 amide bonds. The monoisotopic (exact) mass is 490 g/mol. The predicted octanol–water partition coefficient (Wildman–Crippen LogP) is 4.34. The molecule has 176 valence electrons. The number of aryl methyl sites for hydroxylation is 1. The van der Waals surface area contributed by atoms with Gasteiger partial charge in [0.05, 0.1) is 24.8 Å². The average molecular weight is 491 g/mol. The predicted molar refractivity (Wildman–Crippen MR) is 128 cm³/mol. The van der Waals surface area contributed by atoms with Gasteiger partial charge in [0.15, 0.2) is 0 Å². The van der Waals surface area contributed by atoms with Crippen molar-refractivity contribution in [2.45, 2.75) is 49.8 Å². The Kier molecular flexibility index (Phi) is 8.90. The molecule has 0 saturated heterocycles. The lowest BCUT2D eigenvalue weighted by molar-refractivity contribution is -0.138. The molecule has 0 aliphatic heterocycles. The van der Waals surface area contributed by atoms with Crippen LogP contribution in [0.2, 0.25) is 0 Å². The standard InChI is InChI=1S/C23H26N2O6S2/c1-31-23(30)21-16-8-3-2-4-9-17(16)33-22(21)25-19(27)13-32-15-7-5-6-14(12-15)24-18(26)10-11-20(28)29/h5-7,12H,2-4,8-11,13H2,1H3,(H,24,26)(H,25,27)(H,28,29). The summed E-state index contributed by atoms with van der Waals surface area (Å²) in [6.07, 6.45) is 4.58. The molecule has 0 fully saturated rings. The number of anilines is 2. The smallest absolute Gasteiger partial charge is 0.341 e. The Morgan fingerprint density at radius 1 is 1.06 bits per heavy atom. The second kappa shape index (κ2) is 11.9. The summed E-state index contributed by atoms with van der Waals surface area (Å²) < 4.78 is 4.97. The van der Waals surface area contributed by atoms with E-state index in [0.29, 0.717) is 16.3 Å². The number of rotatable bonds is 9. The Morgan fingerprint density at radius 2 is 1.85 bits per heavy atom. The molecule has 0 radical (unpaired) electrons. The van der Waals surface area contributed by atoms with Crippen molar-refractivity contribution >= 4 is 57.5 Å². The lowest BCUT2D eigenvalue weighted by Crippen LogP contribution is -2.16. The number of thioether (sulfide) groups is 1. The van der Waals surface area contributed by atoms with Crippen LogP contribution in [-0.4, -0.2) is 41.7 Å². The van der Waals surface area contributed by atoms with Gasteiger partial charge in [0.1, 0.15) is 5.00 Å². The SMILES string of the molecule is COC(=O)c1c(NC(=O)CSc2cccc(NC(=O)CCC(=O)O)c2)sc2c1CCCCC2. The molecule has 2 aromatic rings. The second-order valence-corrected chi connectivity index (χ2v) is 9.72. The van der Waals surface area contributed by atoms with Gasteiger partial charge in [0, 0.05) is 21.9 Å². The van der Waals surface area contributed by atoms with Gasteiger partial charge in [-0.25, -0.2) is 4.79 Å². The number of nitrogens with one attached hydrogen (secondary N) is 2. The number of aliphatic carboxylic acids is 1. The van der Waals surface area contributed by atoms with Crippen LogP contribution < -0.4 is 10.6 Å². The number of hydrogen-bond acceptors (Lipinski definition) is 7. The van der Waals surface area contributed by atoms with Gasteiger partial charge in [0.2, 0.25) is 11.8 Å². The van der Waals surface area contributed by atoms with E-state index in [1.807, 2.05) is 6.07 Å². The normalized spacial score (nSPS) is 12.9. The fourth-order valence-electron chi connectivity index (χ4n) is 3.57. The third kappa shape index (κ3) is 7.06. The Balaban J connectivity index is 1.61. The quantitative estimate of drug-likeness (QED) is 0.272. The molecule has 0 saturated carbocycles. The van der Waals surface area contributed by atoms with Crippen LogP contribution in [-0.2, 0) is 32.0 Å². The number of amides is 2. The van der Waals surface area contributed by atoms with E-state index >= 15 is 0 Å². The van der Waals surface area contributed by atoms with Crippen LogP contribution in [0.15, 0.2) is 29.2 Å². The van der Waals surface area contributed by atoms with Crippen molar-refractivity contribution in [3.8, 4) is 0 Å². The number of carbonyl (C=O) groups is 4. The highest BCUT2D eigenvalue weighted by molar-refractivity contribution is 8.00. The number of benzene rings is 1. The van der Waals surface area contributed by atoms with E-state index in [1.165, 1.54) is 30.2 Å². The van der Waals surface area contributed by atoms with Gasteiger partial charge in [-0.15, -0.1) is 23.1 Å². The van der Waals surface area contributed by atoms with Crippen molar-refractivity contribution < 1.29 is 29.0 Å². The Labute approximate surface area is 200 Å². The topological polar surface area (TPSA) is 122 Å². The summed E-state index contributed by atoms with van der Waals surface area (Å²) in [7, 11) is 1.35. The van der Waals surface area contributed by atoms with E-state index in [2.05, 4.69) is 10.6 Å². The first-order chi connectivity index (χ1) is 15.9. The molecule has 8 nitrogen and oxygen atoms in total. The first-order valence-corrected chi connectivity index (χ1v) is 12.4. The van der Waals surface area contributed by atoms with Crippen LogP contribution in [0.25, 0.3) is 0 Å². The Bertz CT molecular complexity index is 1050. The molecule has 0 atom stereocenters. The molecule has 1 aliphatic carbocycles. The van der Waals surface area contributed by atoms with Crippen molar-refractivity contribution in [3.63, 3.8) is 0 Å². The number of carboxylic acids is 1. The first-order valence-electron chi connectivity index (χ1n) is 10.6. The van der Waals surface area contributed by atoms with Crippen LogP contribution >= 0.6 is 23.1 Å². The maximum Gasteiger partial charge on any atom is 0.341 e. The summed E-state index contributed by atoms with van der Waals surface area (Å²) in [6.45, 7) is 0. The highest BCUT2D eigenvalue weighted by Crippen LogP contribution is 2.38. The zero-order valence-corrected chi connectivity index (χ0v) is 19.9. The van der Waals surface area contributed by atoms with Crippen molar-refractivity contribution in [1.82, 2.24) is 0 Å². The van der Waals surface area contributed by atoms with Crippen LogP contribution in [0.5, 0.6) is 0 Å². The lowest BCUT2D eigenvalue weighted by Gasteiger charge is -2.09. The number of carbonyl (C=O) groups excluding carboxylic acids is 3. The second-order valence-electron chi connectivity index (χ2n) is 7.57. The number of carboxylic acid groups (broad SMARTS) is 1. The van der Waals surface area contributed by atoms with Gasteiger partial charge < -0.3 is 20.5 Å². The fraction of sp³-hybridized carbons (Fsp3) is 0.391. The molecule has 1 aromatic carbocycles. The van der Waals surface area contributed by atoms with Crippen LogP contribution in [0.4, 0.5) is 10.7 Å². The van der Waals surface area contributed by atoms with E-state index in [1.54, 1.807) is 18.2 Å². The average Bonchev–Trinajstić information content (AvgIpc) is 2.96. The zero-order valence-electron chi connectivity index (χ0n) is 18.3. The van der Waals surface area contributed by atoms with Crippen molar-refractivity contribution in [3.05, 3.63) is 40.3 Å². The highest BCUT2D eigenvalue weighted by atomic mass is 32.2. The number of esters is 1. The number of hydrogen-bond donors (Lipinski definition) is 3. The summed E-state index contributed by atoms with van der Waals surface area (Å²) in [4.78, 5) is 49.4. The maximum absolute atomic E-state index is 12.6. The number of thiophene rings is 1. The molecule has 3 rings (SSSR count). The molecule has 0 spiro atoms. The molecule has 33 heavy (non-hydrogen) atoms. The number of ether oxygens (including phenoxy) is 1. The van der Waals surface area contributed by atoms with Gasteiger partial charge >= 0.3 is 11.9 Å². The first kappa shape index (κ1) is 24.8. The van der Waals surface area contributed by atoms with E-state index in [9.17, 15) is 19.2 Å². The highest BCUT2D eigenvalue weighted by Gasteiger charge is 2.26. The third-order valence-electron chi connectivity index (χ3n) is 5.12. The van der Waals surface area contributed by atoms with Crippen LogP contribution in [0.1, 0.15) is 52.9 Å². The molecule has 3 N–H and O–H groups in total. The van der Waals surface area contributed by atoms with Gasteiger partial charge in [0.25, 0.3) is 0 Å². The summed E-state index contributed by atoms with van der Waals surface area (Å²) >= 11 is 2.75. The molecular weight excluding hydrogens is 464 g/mol. The Morgan fingerprint density at radius 3 is 2.61 bits per heavy atom. The van der Waals surface area contributed by atoms with Crippen LogP contribution in [0.3, 0.4) is 0 Å². The summed E-state index contributed by atoms with van der Waals surface area (Å²) in [5.74, 6) is -1.95. The zero-order chi connectivity index (χ0) is 23.8. The van der Waals surface area contributed by atoms with E-state index < -0.39 is 11.9 Å². The van der Waals surface area contributed by atoms with E-state index in [4.69, 9.17) is 9.84 Å².